The number of nitrogens with one attached hydrogen (secondary N) is 1. The molecule has 3 N–H and O–H groups in total. The monoisotopic (exact) mass is 364 g/mol. The summed E-state index contributed by atoms with van der Waals surface area (Å²) in [6, 6.07) is 21.6. The summed E-state index contributed by atoms with van der Waals surface area (Å²) in [4.78, 5) is 25.0. The normalized spacial score (nSPS) is 10.5. The largest absolute Gasteiger partial charge is 0.366 e. The van der Waals surface area contributed by atoms with Crippen molar-refractivity contribution >= 4 is 28.2 Å². The van der Waals surface area contributed by atoms with Gasteiger partial charge in [-0.05, 0) is 23.6 Å². The Labute approximate surface area is 156 Å². The van der Waals surface area contributed by atoms with E-state index in [4.69, 9.17) is 5.73 Å². The summed E-state index contributed by atoms with van der Waals surface area (Å²) < 4.78 is 0. The molecule has 2 amide bonds. The van der Waals surface area contributed by atoms with Crippen molar-refractivity contribution in [1.29, 1.82) is 0 Å². The molecule has 26 heavy (non-hydrogen) atoms. The van der Waals surface area contributed by atoms with Gasteiger partial charge in [-0.15, -0.1) is 11.3 Å². The third-order valence-corrected chi connectivity index (χ3v) is 5.06. The van der Waals surface area contributed by atoms with Crippen molar-refractivity contribution in [3.8, 4) is 0 Å². The lowest BCUT2D eigenvalue weighted by Crippen LogP contribution is -2.16. The Morgan fingerprint density at radius 1 is 0.923 bits per heavy atom. The van der Waals surface area contributed by atoms with Crippen LogP contribution in [-0.4, -0.2) is 11.8 Å². The van der Waals surface area contributed by atoms with Gasteiger partial charge in [0.2, 0.25) is 5.91 Å². The maximum atomic E-state index is 12.3. The van der Waals surface area contributed by atoms with E-state index in [9.17, 15) is 9.59 Å². The summed E-state index contributed by atoms with van der Waals surface area (Å²) in [5.74, 6) is -0.650. The molecule has 0 bridgehead atoms. The van der Waals surface area contributed by atoms with Gasteiger partial charge in [-0.1, -0.05) is 60.7 Å². The number of aryl methyl sites for hydroxylation is 1. The van der Waals surface area contributed by atoms with Crippen LogP contribution in [0.3, 0.4) is 0 Å². The molecule has 1 heterocycles. The van der Waals surface area contributed by atoms with Crippen molar-refractivity contribution in [2.24, 2.45) is 5.73 Å². The van der Waals surface area contributed by atoms with Crippen molar-refractivity contribution < 1.29 is 9.59 Å². The molecule has 0 saturated heterocycles. The molecule has 0 aliphatic carbocycles. The highest BCUT2D eigenvalue weighted by molar-refractivity contribution is 7.16. The first-order chi connectivity index (χ1) is 12.6. The first-order valence-corrected chi connectivity index (χ1v) is 9.23. The summed E-state index contributed by atoms with van der Waals surface area (Å²) >= 11 is 1.40. The first kappa shape index (κ1) is 17.9. The van der Waals surface area contributed by atoms with Crippen LogP contribution in [0.15, 0.2) is 66.7 Å². The van der Waals surface area contributed by atoms with E-state index >= 15 is 0 Å². The van der Waals surface area contributed by atoms with Gasteiger partial charge in [0.1, 0.15) is 5.00 Å². The summed E-state index contributed by atoms with van der Waals surface area (Å²) in [6.07, 6.45) is 1.71. The summed E-state index contributed by atoms with van der Waals surface area (Å²) in [5, 5.41) is 3.38. The predicted molar refractivity (Wildman–Crippen MR) is 105 cm³/mol. The van der Waals surface area contributed by atoms with E-state index in [-0.39, 0.29) is 5.91 Å². The van der Waals surface area contributed by atoms with Crippen molar-refractivity contribution in [3.05, 3.63) is 88.3 Å². The molecule has 132 valence electrons. The minimum atomic E-state index is -0.529. The van der Waals surface area contributed by atoms with E-state index in [0.29, 0.717) is 29.8 Å². The van der Waals surface area contributed by atoms with Gasteiger partial charge >= 0.3 is 0 Å². The topological polar surface area (TPSA) is 72.2 Å². The molecule has 0 saturated carbocycles. The highest BCUT2D eigenvalue weighted by atomic mass is 32.1. The zero-order valence-electron chi connectivity index (χ0n) is 14.3. The number of nitrogens with two attached hydrogens (primary N) is 1. The van der Waals surface area contributed by atoms with E-state index in [2.05, 4.69) is 5.32 Å². The highest BCUT2D eigenvalue weighted by Gasteiger charge is 2.16. The van der Waals surface area contributed by atoms with E-state index in [0.717, 1.165) is 16.0 Å². The number of primary amides is 1. The Morgan fingerprint density at radius 2 is 1.54 bits per heavy atom. The Kier molecular flexibility index (Phi) is 5.81. The van der Waals surface area contributed by atoms with Gasteiger partial charge in [-0.25, -0.2) is 0 Å². The van der Waals surface area contributed by atoms with E-state index in [1.807, 2.05) is 60.7 Å². The van der Waals surface area contributed by atoms with Gasteiger partial charge in [0.15, 0.2) is 0 Å². The number of hydrogen-bond acceptors (Lipinski definition) is 3. The Bertz CT molecular complexity index is 889. The maximum Gasteiger partial charge on any atom is 0.251 e. The molecule has 1 aromatic heterocycles. The van der Waals surface area contributed by atoms with Crippen molar-refractivity contribution in [2.45, 2.75) is 19.3 Å². The average molecular weight is 364 g/mol. The lowest BCUT2D eigenvalue weighted by Gasteiger charge is -2.05. The fourth-order valence-corrected chi connectivity index (χ4v) is 3.81. The smallest absolute Gasteiger partial charge is 0.251 e. The average Bonchev–Trinajstić information content (AvgIpc) is 3.04. The second-order valence-corrected chi connectivity index (χ2v) is 7.15. The van der Waals surface area contributed by atoms with Gasteiger partial charge in [-0.3, -0.25) is 9.59 Å². The zero-order chi connectivity index (χ0) is 18.4. The van der Waals surface area contributed by atoms with Gasteiger partial charge < -0.3 is 11.1 Å². The molecule has 3 aromatic rings. The van der Waals surface area contributed by atoms with Gasteiger partial charge in [0.25, 0.3) is 5.91 Å². The zero-order valence-corrected chi connectivity index (χ0v) is 15.1. The summed E-state index contributed by atoms with van der Waals surface area (Å²) in [6.45, 7) is 0. The number of thiophene rings is 1. The van der Waals surface area contributed by atoms with Crippen LogP contribution in [0.25, 0.3) is 0 Å². The molecule has 0 aliphatic rings. The first-order valence-electron chi connectivity index (χ1n) is 8.42. The number of anilines is 1. The fourth-order valence-electron chi connectivity index (χ4n) is 2.69. The summed E-state index contributed by atoms with van der Waals surface area (Å²) in [7, 11) is 0. The van der Waals surface area contributed by atoms with E-state index < -0.39 is 5.91 Å². The molecule has 0 fully saturated rings. The fraction of sp³-hybridized carbons (Fsp3) is 0.143. The number of rotatable bonds is 7. The second-order valence-electron chi connectivity index (χ2n) is 6.02. The molecule has 3 rings (SSSR count). The minimum Gasteiger partial charge on any atom is -0.366 e. The molecule has 0 unspecified atom stereocenters. The molecular weight excluding hydrogens is 344 g/mol. The summed E-state index contributed by atoms with van der Waals surface area (Å²) in [5.41, 5.74) is 8.10. The van der Waals surface area contributed by atoms with Crippen LogP contribution in [0.5, 0.6) is 0 Å². The van der Waals surface area contributed by atoms with Crippen molar-refractivity contribution in [3.63, 3.8) is 0 Å². The van der Waals surface area contributed by atoms with Crippen LogP contribution >= 0.6 is 11.3 Å². The molecule has 2 aromatic carbocycles. The third-order valence-electron chi connectivity index (χ3n) is 4.01. The van der Waals surface area contributed by atoms with E-state index in [1.54, 1.807) is 6.07 Å². The SMILES string of the molecule is NC(=O)c1cc(Cc2ccccc2)sc1NC(=O)CCc1ccccc1. The second kappa shape index (κ2) is 8.45. The number of carbonyl (C=O) groups is 2. The number of carbonyl (C=O) groups excluding carboxylic acids is 2. The van der Waals surface area contributed by atoms with Crippen LogP contribution in [-0.2, 0) is 17.6 Å². The van der Waals surface area contributed by atoms with Gasteiger partial charge in [0, 0.05) is 17.7 Å². The van der Waals surface area contributed by atoms with Crippen LogP contribution in [0.1, 0.15) is 32.8 Å². The quantitative estimate of drug-likeness (QED) is 0.665. The molecule has 0 aliphatic heterocycles. The van der Waals surface area contributed by atoms with Crippen LogP contribution in [0.4, 0.5) is 5.00 Å². The predicted octanol–water partition coefficient (Wildman–Crippen LogP) is 4.01. The molecular formula is C21H20N2O2S. The lowest BCUT2D eigenvalue weighted by molar-refractivity contribution is -0.116. The van der Waals surface area contributed by atoms with Crippen molar-refractivity contribution in [2.75, 3.05) is 5.32 Å². The minimum absolute atomic E-state index is 0.121. The van der Waals surface area contributed by atoms with Crippen LogP contribution < -0.4 is 11.1 Å². The highest BCUT2D eigenvalue weighted by Crippen LogP contribution is 2.30. The Morgan fingerprint density at radius 3 is 2.15 bits per heavy atom. The number of hydrogen-bond donors (Lipinski definition) is 2. The number of amides is 2. The van der Waals surface area contributed by atoms with Crippen LogP contribution in [0.2, 0.25) is 0 Å². The Hall–Kier alpha value is -2.92. The Balaban J connectivity index is 1.68. The van der Waals surface area contributed by atoms with Gasteiger partial charge in [-0.2, -0.15) is 0 Å². The van der Waals surface area contributed by atoms with Gasteiger partial charge in [0.05, 0.1) is 5.56 Å². The molecule has 0 atom stereocenters. The molecule has 0 radical (unpaired) electrons. The standard InChI is InChI=1S/C21H20N2O2S/c22-20(25)18-14-17(13-16-9-5-2-6-10-16)26-21(18)23-19(24)12-11-15-7-3-1-4-8-15/h1-10,14H,11-13H2,(H2,22,25)(H,23,24). The number of benzene rings is 2. The van der Waals surface area contributed by atoms with Crippen molar-refractivity contribution in [1.82, 2.24) is 0 Å². The lowest BCUT2D eigenvalue weighted by atomic mass is 10.1. The maximum absolute atomic E-state index is 12.3. The van der Waals surface area contributed by atoms with E-state index in [1.165, 1.54) is 11.3 Å². The molecule has 5 heteroatoms. The molecule has 0 spiro atoms. The third kappa shape index (κ3) is 4.80. The van der Waals surface area contributed by atoms with Crippen LogP contribution in [0, 0.1) is 0 Å². The molecule has 4 nitrogen and oxygen atoms in total.